The number of nitrogens with zero attached hydrogens (tertiary/aromatic N) is 1. The van der Waals surface area contributed by atoms with Gasteiger partial charge < -0.3 is 10.2 Å². The number of alkyl halides is 3. The van der Waals surface area contributed by atoms with E-state index in [0.29, 0.717) is 12.2 Å². The maximum atomic E-state index is 12.9. The highest BCUT2D eigenvalue weighted by molar-refractivity contribution is 6.04. The number of hydrogen-bond acceptors (Lipinski definition) is 2. The number of nitrogens with one attached hydrogen (secondary N) is 1. The second-order valence-corrected chi connectivity index (χ2v) is 7.18. The molecule has 1 aliphatic heterocycles. The van der Waals surface area contributed by atoms with Crippen molar-refractivity contribution in [1.29, 1.82) is 0 Å². The normalized spacial score (nSPS) is 13.1. The predicted octanol–water partition coefficient (Wildman–Crippen LogP) is 6.26. The summed E-state index contributed by atoms with van der Waals surface area (Å²) in [4.78, 5) is 14.6. The number of aryl methyl sites for hydroxylation is 1. The molecule has 0 radical (unpaired) electrons. The molecule has 0 saturated heterocycles. The fraction of sp³-hybridized carbons (Fsp3) is 0.125. The Bertz CT molecular complexity index is 1140. The van der Waals surface area contributed by atoms with E-state index in [9.17, 15) is 18.0 Å². The van der Waals surface area contributed by atoms with Crippen LogP contribution in [-0.2, 0) is 12.7 Å². The average molecular weight is 408 g/mol. The van der Waals surface area contributed by atoms with Gasteiger partial charge in [0.05, 0.1) is 5.56 Å². The molecule has 1 aliphatic rings. The Hall–Kier alpha value is -3.54. The lowest BCUT2D eigenvalue weighted by Gasteiger charge is -2.27. The molecule has 6 heteroatoms. The number of amides is 1. The van der Waals surface area contributed by atoms with Crippen LogP contribution in [0.1, 0.15) is 32.6 Å². The first kappa shape index (κ1) is 19.8. The minimum absolute atomic E-state index is 0.0428. The van der Waals surface area contributed by atoms with Crippen LogP contribution in [-0.4, -0.2) is 5.91 Å². The highest BCUT2D eigenvalue weighted by atomic mass is 19.4. The molecular weight excluding hydrogens is 389 g/mol. The summed E-state index contributed by atoms with van der Waals surface area (Å²) in [6, 6.07) is 18.0. The molecule has 0 aromatic heterocycles. The zero-order valence-corrected chi connectivity index (χ0v) is 16.2. The SMILES string of the molecule is Cc1ccc(NC(=O)c2cccc(C(F)(F)F)c2)cc1N1C=Cc2ccccc2C1. The smallest absolute Gasteiger partial charge is 0.343 e. The summed E-state index contributed by atoms with van der Waals surface area (Å²) in [6.45, 7) is 2.67. The van der Waals surface area contributed by atoms with E-state index in [0.717, 1.165) is 23.4 Å². The van der Waals surface area contributed by atoms with Crippen molar-refractivity contribution in [1.82, 2.24) is 0 Å². The lowest BCUT2D eigenvalue weighted by Crippen LogP contribution is -2.20. The van der Waals surface area contributed by atoms with E-state index in [1.165, 1.54) is 23.3 Å². The maximum absolute atomic E-state index is 12.9. The Morgan fingerprint density at radius 1 is 1.00 bits per heavy atom. The average Bonchev–Trinajstić information content (AvgIpc) is 2.74. The molecule has 152 valence electrons. The van der Waals surface area contributed by atoms with Gasteiger partial charge >= 0.3 is 6.18 Å². The van der Waals surface area contributed by atoms with Gasteiger partial charge in [0.1, 0.15) is 0 Å². The molecule has 4 rings (SSSR count). The predicted molar refractivity (Wildman–Crippen MR) is 112 cm³/mol. The monoisotopic (exact) mass is 408 g/mol. The molecule has 0 saturated carbocycles. The standard InChI is InChI=1S/C24H19F3N2O/c1-16-9-10-21(28-23(30)18-7-4-8-20(13-18)24(25,26)27)14-22(16)29-12-11-17-5-2-3-6-19(17)15-29/h2-14H,15H2,1H3,(H,28,30). The summed E-state index contributed by atoms with van der Waals surface area (Å²) < 4.78 is 38.8. The van der Waals surface area contributed by atoms with Crippen molar-refractivity contribution < 1.29 is 18.0 Å². The van der Waals surface area contributed by atoms with Crippen molar-refractivity contribution in [2.75, 3.05) is 10.2 Å². The van der Waals surface area contributed by atoms with E-state index in [2.05, 4.69) is 22.3 Å². The van der Waals surface area contributed by atoms with Gasteiger partial charge in [-0.1, -0.05) is 36.4 Å². The first-order valence-corrected chi connectivity index (χ1v) is 9.43. The van der Waals surface area contributed by atoms with Crippen LogP contribution in [0.15, 0.2) is 72.9 Å². The fourth-order valence-electron chi connectivity index (χ4n) is 3.45. The molecule has 1 N–H and O–H groups in total. The zero-order valence-electron chi connectivity index (χ0n) is 16.2. The highest BCUT2D eigenvalue weighted by Gasteiger charge is 2.30. The van der Waals surface area contributed by atoms with E-state index < -0.39 is 17.6 Å². The second-order valence-electron chi connectivity index (χ2n) is 7.18. The van der Waals surface area contributed by atoms with Crippen molar-refractivity contribution in [3.05, 3.63) is 101 Å². The summed E-state index contributed by atoms with van der Waals surface area (Å²) in [5, 5.41) is 2.71. The van der Waals surface area contributed by atoms with Crippen molar-refractivity contribution in [2.45, 2.75) is 19.6 Å². The van der Waals surface area contributed by atoms with Crippen LogP contribution in [0.25, 0.3) is 6.08 Å². The lowest BCUT2D eigenvalue weighted by molar-refractivity contribution is -0.137. The van der Waals surface area contributed by atoms with Gasteiger partial charge in [-0.3, -0.25) is 4.79 Å². The van der Waals surface area contributed by atoms with Gasteiger partial charge in [0.2, 0.25) is 0 Å². The molecule has 1 amide bonds. The molecule has 0 aliphatic carbocycles. The number of hydrogen-bond donors (Lipinski definition) is 1. The van der Waals surface area contributed by atoms with Gasteiger partial charge in [0.15, 0.2) is 0 Å². The summed E-state index contributed by atoms with van der Waals surface area (Å²) in [7, 11) is 0. The Labute approximate surface area is 172 Å². The number of fused-ring (bicyclic) bond motifs is 1. The highest BCUT2D eigenvalue weighted by Crippen LogP contribution is 2.31. The van der Waals surface area contributed by atoms with E-state index >= 15 is 0 Å². The fourth-order valence-corrected chi connectivity index (χ4v) is 3.45. The van der Waals surface area contributed by atoms with Crippen LogP contribution in [0, 0.1) is 6.92 Å². The van der Waals surface area contributed by atoms with Crippen molar-refractivity contribution in [3.8, 4) is 0 Å². The molecule has 0 bridgehead atoms. The third kappa shape index (κ3) is 4.08. The van der Waals surface area contributed by atoms with Crippen LogP contribution < -0.4 is 10.2 Å². The topological polar surface area (TPSA) is 32.3 Å². The quantitative estimate of drug-likeness (QED) is 0.555. The van der Waals surface area contributed by atoms with Gasteiger partial charge in [-0.25, -0.2) is 0 Å². The van der Waals surface area contributed by atoms with E-state index in [4.69, 9.17) is 0 Å². The Morgan fingerprint density at radius 3 is 2.60 bits per heavy atom. The van der Waals surface area contributed by atoms with E-state index in [-0.39, 0.29) is 5.56 Å². The molecule has 3 aromatic carbocycles. The Morgan fingerprint density at radius 2 is 1.80 bits per heavy atom. The number of carbonyl (C=O) groups is 1. The summed E-state index contributed by atoms with van der Waals surface area (Å²) in [6.07, 6.45) is -0.473. The van der Waals surface area contributed by atoms with Gasteiger partial charge in [-0.2, -0.15) is 13.2 Å². The molecular formula is C24H19F3N2O. The third-order valence-corrected chi connectivity index (χ3v) is 5.06. The second kappa shape index (κ2) is 7.71. The largest absolute Gasteiger partial charge is 0.416 e. The number of rotatable bonds is 3. The Kier molecular flexibility index (Phi) is 5.08. The number of benzene rings is 3. The molecule has 0 spiro atoms. The van der Waals surface area contributed by atoms with Gasteiger partial charge in [0.25, 0.3) is 5.91 Å². The summed E-state index contributed by atoms with van der Waals surface area (Å²) in [5.41, 5.74) is 3.93. The minimum Gasteiger partial charge on any atom is -0.343 e. The molecule has 1 heterocycles. The molecule has 3 aromatic rings. The third-order valence-electron chi connectivity index (χ3n) is 5.06. The lowest BCUT2D eigenvalue weighted by atomic mass is 10.0. The van der Waals surface area contributed by atoms with Gasteiger partial charge in [0, 0.05) is 29.7 Å². The van der Waals surface area contributed by atoms with Crippen LogP contribution >= 0.6 is 0 Å². The molecule has 30 heavy (non-hydrogen) atoms. The van der Waals surface area contributed by atoms with Crippen molar-refractivity contribution in [3.63, 3.8) is 0 Å². The first-order valence-electron chi connectivity index (χ1n) is 9.43. The molecule has 3 nitrogen and oxygen atoms in total. The van der Waals surface area contributed by atoms with Gasteiger partial charge in [-0.05, 0) is 60.0 Å². The minimum atomic E-state index is -4.50. The van der Waals surface area contributed by atoms with Crippen LogP contribution in [0.5, 0.6) is 0 Å². The summed E-state index contributed by atoms with van der Waals surface area (Å²) in [5.74, 6) is -0.588. The van der Waals surface area contributed by atoms with Crippen LogP contribution in [0.3, 0.4) is 0 Å². The molecule has 0 atom stereocenters. The van der Waals surface area contributed by atoms with Gasteiger partial charge in [-0.15, -0.1) is 0 Å². The Balaban J connectivity index is 1.57. The summed E-state index contributed by atoms with van der Waals surface area (Å²) >= 11 is 0. The molecule has 0 unspecified atom stereocenters. The van der Waals surface area contributed by atoms with E-state index in [1.807, 2.05) is 43.5 Å². The van der Waals surface area contributed by atoms with Crippen LogP contribution in [0.4, 0.5) is 24.5 Å². The number of halogens is 3. The number of carbonyl (C=O) groups excluding carboxylic acids is 1. The maximum Gasteiger partial charge on any atom is 0.416 e. The van der Waals surface area contributed by atoms with E-state index in [1.54, 1.807) is 6.07 Å². The number of anilines is 2. The molecule has 0 fully saturated rings. The first-order chi connectivity index (χ1) is 14.3. The zero-order chi connectivity index (χ0) is 21.3. The van der Waals surface area contributed by atoms with Crippen molar-refractivity contribution in [2.24, 2.45) is 0 Å². The van der Waals surface area contributed by atoms with Crippen molar-refractivity contribution >= 4 is 23.4 Å². The van der Waals surface area contributed by atoms with Crippen LogP contribution in [0.2, 0.25) is 0 Å².